The van der Waals surface area contributed by atoms with Crippen LogP contribution in [0.15, 0.2) is 53.3 Å². The van der Waals surface area contributed by atoms with E-state index >= 15 is 0 Å². The Balaban J connectivity index is 2.16. The fourth-order valence-electron chi connectivity index (χ4n) is 4.70. The zero-order valence-corrected chi connectivity index (χ0v) is 22.2. The molecule has 1 unspecified atom stereocenters. The standard InChI is InChI=1S/C28H30F3N5O3/c1-15(2)14-36-21(22(27(3,4)5)32-26(38)39)20(16-9-7-6-8-10-16)19-13-17(11-12-18(19)24(36)37)23-33-25(35-34-23)28(29,30)31/h6-13,15,22,32H,14H2,1-5H3,(H,38,39)(H,33,34,35). The summed E-state index contributed by atoms with van der Waals surface area (Å²) in [7, 11) is 0. The average molecular weight is 542 g/mol. The van der Waals surface area contributed by atoms with Crippen LogP contribution in [0.3, 0.4) is 0 Å². The molecular formula is C28H30F3N5O3. The van der Waals surface area contributed by atoms with Gasteiger partial charge in [0.1, 0.15) is 0 Å². The molecule has 206 valence electrons. The summed E-state index contributed by atoms with van der Waals surface area (Å²) >= 11 is 0. The lowest BCUT2D eigenvalue weighted by Crippen LogP contribution is -2.40. The highest BCUT2D eigenvalue weighted by atomic mass is 19.4. The predicted molar refractivity (Wildman–Crippen MR) is 142 cm³/mol. The molecule has 0 aliphatic carbocycles. The topological polar surface area (TPSA) is 113 Å². The van der Waals surface area contributed by atoms with Crippen molar-refractivity contribution in [2.75, 3.05) is 0 Å². The van der Waals surface area contributed by atoms with Gasteiger partial charge in [-0.15, -0.1) is 0 Å². The minimum atomic E-state index is -4.70. The molecule has 3 N–H and O–H groups in total. The van der Waals surface area contributed by atoms with Crippen molar-refractivity contribution in [3.05, 3.63) is 70.4 Å². The average Bonchev–Trinajstić information content (AvgIpc) is 3.35. The van der Waals surface area contributed by atoms with Gasteiger partial charge in [-0.2, -0.15) is 18.3 Å². The van der Waals surface area contributed by atoms with Crippen molar-refractivity contribution in [1.82, 2.24) is 25.1 Å². The Bertz CT molecular complexity index is 1570. The Morgan fingerprint density at radius 1 is 1.05 bits per heavy atom. The molecule has 1 amide bonds. The fourth-order valence-corrected chi connectivity index (χ4v) is 4.70. The number of H-pyrrole nitrogens is 1. The number of hydrogen-bond donors (Lipinski definition) is 3. The van der Waals surface area contributed by atoms with Crippen molar-refractivity contribution in [2.24, 2.45) is 11.3 Å². The van der Waals surface area contributed by atoms with Crippen LogP contribution in [0.2, 0.25) is 0 Å². The van der Waals surface area contributed by atoms with Gasteiger partial charge in [0.15, 0.2) is 5.82 Å². The van der Waals surface area contributed by atoms with Crippen molar-refractivity contribution in [3.8, 4) is 22.5 Å². The molecule has 2 aromatic carbocycles. The van der Waals surface area contributed by atoms with E-state index in [0.29, 0.717) is 28.6 Å². The highest BCUT2D eigenvalue weighted by Crippen LogP contribution is 2.42. The number of alkyl halides is 3. The molecule has 39 heavy (non-hydrogen) atoms. The van der Waals surface area contributed by atoms with Gasteiger partial charge in [0, 0.05) is 23.1 Å². The van der Waals surface area contributed by atoms with Crippen LogP contribution in [0.25, 0.3) is 33.3 Å². The highest BCUT2D eigenvalue weighted by Gasteiger charge is 2.36. The minimum absolute atomic E-state index is 0.0567. The summed E-state index contributed by atoms with van der Waals surface area (Å²) < 4.78 is 41.2. The third-order valence-corrected chi connectivity index (χ3v) is 6.34. The Hall–Kier alpha value is -4.15. The van der Waals surface area contributed by atoms with Gasteiger partial charge in [-0.1, -0.05) is 71.0 Å². The van der Waals surface area contributed by atoms with Crippen LogP contribution >= 0.6 is 0 Å². The van der Waals surface area contributed by atoms with Gasteiger partial charge < -0.3 is 15.0 Å². The van der Waals surface area contributed by atoms with E-state index in [0.717, 1.165) is 5.56 Å². The second kappa shape index (κ2) is 10.2. The molecule has 0 radical (unpaired) electrons. The van der Waals surface area contributed by atoms with E-state index < -0.39 is 29.6 Å². The number of carboxylic acid groups (broad SMARTS) is 1. The number of amides is 1. The largest absolute Gasteiger partial charge is 0.465 e. The smallest absolute Gasteiger partial charge is 0.451 e. The fraction of sp³-hybridized carbons (Fsp3) is 0.357. The number of fused-ring (bicyclic) bond motifs is 1. The van der Waals surface area contributed by atoms with Crippen LogP contribution in [0, 0.1) is 11.3 Å². The number of carbonyl (C=O) groups is 1. The monoisotopic (exact) mass is 541 g/mol. The van der Waals surface area contributed by atoms with Crippen LogP contribution in [-0.4, -0.2) is 30.9 Å². The van der Waals surface area contributed by atoms with Crippen molar-refractivity contribution in [1.29, 1.82) is 0 Å². The maximum absolute atomic E-state index is 14.0. The molecule has 2 heterocycles. The van der Waals surface area contributed by atoms with Crippen molar-refractivity contribution in [2.45, 2.75) is 53.4 Å². The van der Waals surface area contributed by atoms with Crippen LogP contribution in [-0.2, 0) is 12.7 Å². The molecule has 0 aliphatic rings. The molecular weight excluding hydrogens is 511 g/mol. The number of aromatic amines is 1. The summed E-state index contributed by atoms with van der Waals surface area (Å²) in [6, 6.07) is 13.1. The van der Waals surface area contributed by atoms with E-state index in [9.17, 15) is 27.9 Å². The number of rotatable bonds is 6. The Morgan fingerprint density at radius 2 is 1.72 bits per heavy atom. The first-order valence-electron chi connectivity index (χ1n) is 12.4. The highest BCUT2D eigenvalue weighted by molar-refractivity contribution is 5.99. The summed E-state index contributed by atoms with van der Waals surface area (Å²) in [6.07, 6.45) is -5.94. The minimum Gasteiger partial charge on any atom is -0.465 e. The van der Waals surface area contributed by atoms with Gasteiger partial charge in [-0.05, 0) is 34.4 Å². The van der Waals surface area contributed by atoms with Crippen LogP contribution < -0.4 is 10.9 Å². The zero-order valence-electron chi connectivity index (χ0n) is 22.2. The van der Waals surface area contributed by atoms with Crippen molar-refractivity contribution >= 4 is 16.9 Å². The van der Waals surface area contributed by atoms with Gasteiger partial charge in [-0.25, -0.2) is 9.78 Å². The number of nitrogens with one attached hydrogen (secondary N) is 2. The van der Waals surface area contributed by atoms with Crippen molar-refractivity contribution in [3.63, 3.8) is 0 Å². The molecule has 8 nitrogen and oxygen atoms in total. The zero-order chi connectivity index (χ0) is 28.7. The number of pyridine rings is 1. The Kier molecular flexibility index (Phi) is 7.29. The van der Waals surface area contributed by atoms with Crippen LogP contribution in [0.4, 0.5) is 18.0 Å². The summed E-state index contributed by atoms with van der Waals surface area (Å²) in [6.45, 7) is 9.88. The van der Waals surface area contributed by atoms with Crippen molar-refractivity contribution < 1.29 is 23.1 Å². The lowest BCUT2D eigenvalue weighted by atomic mass is 9.80. The van der Waals surface area contributed by atoms with Gasteiger partial charge in [-0.3, -0.25) is 9.89 Å². The number of benzene rings is 2. The molecule has 2 aromatic heterocycles. The third-order valence-electron chi connectivity index (χ3n) is 6.34. The molecule has 4 aromatic rings. The maximum atomic E-state index is 14.0. The predicted octanol–water partition coefficient (Wildman–Crippen LogP) is 6.48. The summed E-state index contributed by atoms with van der Waals surface area (Å²) in [4.78, 5) is 29.6. The second-order valence-electron chi connectivity index (χ2n) is 11.0. The summed E-state index contributed by atoms with van der Waals surface area (Å²) in [5.74, 6) is -1.35. The quantitative estimate of drug-likeness (QED) is 0.259. The maximum Gasteiger partial charge on any atom is 0.451 e. The molecule has 0 saturated carbocycles. The SMILES string of the molecule is CC(C)Cn1c(C(NC(=O)O)C(C)(C)C)c(-c2ccccc2)c2cc(-c3n[nH]c(C(F)(F)F)n3)ccc2c1=O. The molecule has 0 aliphatic heterocycles. The summed E-state index contributed by atoms with van der Waals surface area (Å²) in [5.41, 5.74) is 1.10. The first-order valence-corrected chi connectivity index (χ1v) is 12.4. The van der Waals surface area contributed by atoms with E-state index in [2.05, 4.69) is 15.4 Å². The number of aromatic nitrogens is 4. The summed E-state index contributed by atoms with van der Waals surface area (Å²) in [5, 5.41) is 18.9. The number of nitrogens with zero attached hydrogens (tertiary/aromatic N) is 3. The van der Waals surface area contributed by atoms with E-state index in [-0.39, 0.29) is 22.9 Å². The van der Waals surface area contributed by atoms with Crippen LogP contribution in [0.1, 0.15) is 52.2 Å². The van der Waals surface area contributed by atoms with E-state index in [1.165, 1.54) is 6.07 Å². The number of hydrogen-bond acceptors (Lipinski definition) is 4. The molecule has 11 heteroatoms. The normalized spacial score (nSPS) is 13.2. The number of halogens is 3. The molecule has 0 fully saturated rings. The lowest BCUT2D eigenvalue weighted by molar-refractivity contribution is -0.144. The molecule has 4 rings (SSSR count). The molecule has 0 saturated heterocycles. The van der Waals surface area contributed by atoms with E-state index in [1.54, 1.807) is 16.7 Å². The Morgan fingerprint density at radius 3 is 2.26 bits per heavy atom. The first-order chi connectivity index (χ1) is 18.2. The van der Waals surface area contributed by atoms with E-state index in [4.69, 9.17) is 0 Å². The third kappa shape index (κ3) is 5.67. The van der Waals surface area contributed by atoms with Gasteiger partial charge in [0.25, 0.3) is 5.56 Å². The van der Waals surface area contributed by atoms with Gasteiger partial charge in [0.05, 0.1) is 11.7 Å². The van der Waals surface area contributed by atoms with Gasteiger partial charge in [0.2, 0.25) is 5.82 Å². The second-order valence-corrected chi connectivity index (χ2v) is 11.0. The first kappa shape index (κ1) is 27.9. The molecule has 1 atom stereocenters. The lowest BCUT2D eigenvalue weighted by Gasteiger charge is -2.35. The molecule has 0 spiro atoms. The van der Waals surface area contributed by atoms with Crippen LogP contribution in [0.5, 0.6) is 0 Å². The molecule has 0 bridgehead atoms. The van der Waals surface area contributed by atoms with E-state index in [1.807, 2.05) is 70.0 Å². The van der Waals surface area contributed by atoms with Gasteiger partial charge >= 0.3 is 12.3 Å². The Labute approximate surface area is 222 Å².